The van der Waals surface area contributed by atoms with Gasteiger partial charge in [-0.2, -0.15) is 0 Å². The predicted molar refractivity (Wildman–Crippen MR) is 48.0 cm³/mol. The van der Waals surface area contributed by atoms with Gasteiger partial charge in [-0.15, -0.1) is 11.3 Å². The van der Waals surface area contributed by atoms with Gasteiger partial charge < -0.3 is 4.79 Å². The van der Waals surface area contributed by atoms with Crippen LogP contribution in [0.25, 0.3) is 0 Å². The van der Waals surface area contributed by atoms with E-state index in [0.717, 1.165) is 12.7 Å². The molecule has 1 unspecified atom stereocenters. The summed E-state index contributed by atoms with van der Waals surface area (Å²) in [7, 11) is 0. The molecule has 0 aliphatic rings. The number of carbonyl (C=O) groups excluding carboxylic acids is 1. The van der Waals surface area contributed by atoms with Crippen LogP contribution in [0.2, 0.25) is 0 Å². The van der Waals surface area contributed by atoms with Crippen LogP contribution in [0.4, 0.5) is 0 Å². The highest BCUT2D eigenvalue weighted by molar-refractivity contribution is 7.10. The largest absolute Gasteiger partial charge is 0.303 e. The third-order valence-electron chi connectivity index (χ3n) is 1.71. The molecular weight excluding hydrogens is 156 g/mol. The van der Waals surface area contributed by atoms with Gasteiger partial charge in [0, 0.05) is 10.8 Å². The van der Waals surface area contributed by atoms with Crippen LogP contribution in [0.15, 0.2) is 11.4 Å². The second kappa shape index (κ2) is 3.67. The first kappa shape index (κ1) is 8.47. The monoisotopic (exact) mass is 168 g/mol. The van der Waals surface area contributed by atoms with Gasteiger partial charge in [-0.05, 0) is 30.4 Å². The van der Waals surface area contributed by atoms with Crippen molar-refractivity contribution in [3.8, 4) is 0 Å². The molecule has 0 amide bonds. The minimum Gasteiger partial charge on any atom is -0.303 e. The average Bonchev–Trinajstić information content (AvgIpc) is 2.37. The maximum absolute atomic E-state index is 10.3. The molecule has 0 aliphatic carbocycles. The van der Waals surface area contributed by atoms with E-state index >= 15 is 0 Å². The lowest BCUT2D eigenvalue weighted by molar-refractivity contribution is -0.110. The van der Waals surface area contributed by atoms with Crippen LogP contribution in [0, 0.1) is 12.8 Å². The molecule has 1 atom stereocenters. The number of hydrogen-bond acceptors (Lipinski definition) is 2. The summed E-state index contributed by atoms with van der Waals surface area (Å²) < 4.78 is 0. The van der Waals surface area contributed by atoms with Gasteiger partial charge >= 0.3 is 0 Å². The van der Waals surface area contributed by atoms with Crippen molar-refractivity contribution in [3.05, 3.63) is 21.9 Å². The van der Waals surface area contributed by atoms with Gasteiger partial charge in [-0.1, -0.05) is 6.92 Å². The van der Waals surface area contributed by atoms with Crippen molar-refractivity contribution in [2.45, 2.75) is 20.3 Å². The first-order chi connectivity index (χ1) is 5.24. The number of aryl methyl sites for hydroxylation is 1. The summed E-state index contributed by atoms with van der Waals surface area (Å²) >= 11 is 1.73. The topological polar surface area (TPSA) is 17.1 Å². The van der Waals surface area contributed by atoms with E-state index in [-0.39, 0.29) is 5.92 Å². The molecule has 0 aliphatic heterocycles. The summed E-state index contributed by atoms with van der Waals surface area (Å²) in [5, 5.41) is 2.07. The highest BCUT2D eigenvalue weighted by Crippen LogP contribution is 2.18. The van der Waals surface area contributed by atoms with E-state index in [2.05, 4.69) is 18.4 Å². The molecule has 0 aromatic carbocycles. The molecule has 1 nitrogen and oxygen atoms in total. The fourth-order valence-electron chi connectivity index (χ4n) is 0.954. The van der Waals surface area contributed by atoms with Gasteiger partial charge in [0.05, 0.1) is 0 Å². The normalized spacial score (nSPS) is 12.9. The van der Waals surface area contributed by atoms with Gasteiger partial charge in [0.15, 0.2) is 0 Å². The van der Waals surface area contributed by atoms with E-state index in [1.807, 2.05) is 6.92 Å². The Balaban J connectivity index is 2.63. The molecule has 0 N–H and O–H groups in total. The fourth-order valence-corrected chi connectivity index (χ4v) is 2.00. The average molecular weight is 168 g/mol. The molecule has 1 rings (SSSR count). The summed E-state index contributed by atoms with van der Waals surface area (Å²) in [4.78, 5) is 11.7. The molecule has 0 bridgehead atoms. The molecule has 1 heterocycles. The Bertz CT molecular complexity index is 239. The summed E-state index contributed by atoms with van der Waals surface area (Å²) in [6.45, 7) is 4.04. The second-order valence-electron chi connectivity index (χ2n) is 2.84. The van der Waals surface area contributed by atoms with E-state index in [4.69, 9.17) is 0 Å². The summed E-state index contributed by atoms with van der Waals surface area (Å²) in [5.74, 6) is 0.160. The van der Waals surface area contributed by atoms with E-state index in [1.165, 1.54) is 10.4 Å². The van der Waals surface area contributed by atoms with Gasteiger partial charge in [-0.3, -0.25) is 0 Å². The maximum Gasteiger partial charge on any atom is 0.123 e. The summed E-state index contributed by atoms with van der Waals surface area (Å²) in [6, 6.07) is 2.09. The minimum absolute atomic E-state index is 0.160. The lowest BCUT2D eigenvalue weighted by atomic mass is 10.1. The van der Waals surface area contributed by atoms with Crippen LogP contribution in [0.1, 0.15) is 17.4 Å². The van der Waals surface area contributed by atoms with Crippen LogP contribution in [-0.4, -0.2) is 6.29 Å². The van der Waals surface area contributed by atoms with Crippen LogP contribution in [0.3, 0.4) is 0 Å². The van der Waals surface area contributed by atoms with Crippen molar-refractivity contribution in [1.29, 1.82) is 0 Å². The van der Waals surface area contributed by atoms with Crippen LogP contribution >= 0.6 is 11.3 Å². The Labute approximate surface area is 71.1 Å². The lowest BCUT2D eigenvalue weighted by Crippen LogP contribution is -1.99. The van der Waals surface area contributed by atoms with Gasteiger partial charge in [0.2, 0.25) is 0 Å². The summed E-state index contributed by atoms with van der Waals surface area (Å²) in [6.07, 6.45) is 1.91. The number of aldehydes is 1. The first-order valence-electron chi connectivity index (χ1n) is 3.72. The zero-order valence-electron chi connectivity index (χ0n) is 6.83. The first-order valence-corrected chi connectivity index (χ1v) is 4.60. The van der Waals surface area contributed by atoms with Crippen LogP contribution in [-0.2, 0) is 11.2 Å². The number of hydrogen-bond donors (Lipinski definition) is 0. The Morgan fingerprint density at radius 1 is 1.73 bits per heavy atom. The molecule has 60 valence electrons. The lowest BCUT2D eigenvalue weighted by Gasteiger charge is -2.00. The number of thiophene rings is 1. The van der Waals surface area contributed by atoms with Crippen molar-refractivity contribution in [1.82, 2.24) is 0 Å². The van der Waals surface area contributed by atoms with Gasteiger partial charge in [-0.25, -0.2) is 0 Å². The number of rotatable bonds is 3. The predicted octanol–water partition coefficient (Wildman–Crippen LogP) is 2.43. The molecule has 0 fully saturated rings. The molecule has 2 heteroatoms. The molecule has 0 saturated heterocycles. The highest BCUT2D eigenvalue weighted by atomic mass is 32.1. The zero-order chi connectivity index (χ0) is 8.27. The van der Waals surface area contributed by atoms with Crippen LogP contribution < -0.4 is 0 Å². The standard InChI is InChI=1S/C9H12OS/c1-7(6-10)5-9-8(2)3-4-11-9/h3-4,6-7H,5H2,1-2H3. The molecule has 1 aromatic heterocycles. The Hall–Kier alpha value is -0.630. The molecular formula is C9H12OS. The Morgan fingerprint density at radius 2 is 2.45 bits per heavy atom. The molecule has 11 heavy (non-hydrogen) atoms. The van der Waals surface area contributed by atoms with Crippen molar-refractivity contribution >= 4 is 17.6 Å². The van der Waals surface area contributed by atoms with Crippen molar-refractivity contribution < 1.29 is 4.79 Å². The molecule has 0 spiro atoms. The third-order valence-corrected chi connectivity index (χ3v) is 2.75. The minimum atomic E-state index is 0.160. The van der Waals surface area contributed by atoms with Gasteiger partial charge in [0.25, 0.3) is 0 Å². The SMILES string of the molecule is Cc1ccsc1CC(C)C=O. The fraction of sp³-hybridized carbons (Fsp3) is 0.444. The van der Waals surface area contributed by atoms with E-state index in [0.29, 0.717) is 0 Å². The Kier molecular flexibility index (Phi) is 2.83. The van der Waals surface area contributed by atoms with Crippen molar-refractivity contribution in [2.75, 3.05) is 0 Å². The van der Waals surface area contributed by atoms with Crippen molar-refractivity contribution in [2.24, 2.45) is 5.92 Å². The Morgan fingerprint density at radius 3 is 2.91 bits per heavy atom. The third kappa shape index (κ3) is 2.15. The molecule has 0 radical (unpaired) electrons. The molecule has 0 saturated carbocycles. The van der Waals surface area contributed by atoms with Crippen molar-refractivity contribution in [3.63, 3.8) is 0 Å². The number of carbonyl (C=O) groups is 1. The quantitative estimate of drug-likeness (QED) is 0.633. The summed E-state index contributed by atoms with van der Waals surface area (Å²) in [5.41, 5.74) is 1.31. The highest BCUT2D eigenvalue weighted by Gasteiger charge is 2.04. The van der Waals surface area contributed by atoms with E-state index in [9.17, 15) is 4.79 Å². The van der Waals surface area contributed by atoms with E-state index < -0.39 is 0 Å². The van der Waals surface area contributed by atoms with Crippen LogP contribution in [0.5, 0.6) is 0 Å². The maximum atomic E-state index is 10.3. The van der Waals surface area contributed by atoms with E-state index in [1.54, 1.807) is 11.3 Å². The smallest absolute Gasteiger partial charge is 0.123 e. The zero-order valence-corrected chi connectivity index (χ0v) is 7.65. The second-order valence-corrected chi connectivity index (χ2v) is 3.84. The molecule has 1 aromatic rings. The van der Waals surface area contributed by atoms with Gasteiger partial charge in [0.1, 0.15) is 6.29 Å².